The number of hydrogen-bond acceptors (Lipinski definition) is 4. The van der Waals surface area contributed by atoms with Gasteiger partial charge in [-0.25, -0.2) is 0 Å². The lowest BCUT2D eigenvalue weighted by atomic mass is 10.1. The molecule has 0 unspecified atom stereocenters. The largest absolute Gasteiger partial charge is 0.337 e. The van der Waals surface area contributed by atoms with Gasteiger partial charge >= 0.3 is 0 Å². The summed E-state index contributed by atoms with van der Waals surface area (Å²) in [7, 11) is 0. The predicted molar refractivity (Wildman–Crippen MR) is 99.2 cm³/mol. The summed E-state index contributed by atoms with van der Waals surface area (Å²) in [5.74, 6) is 0.850. The standard InChI is InChI=1S/C19H15Cl2N3O2/c20-14-8-6-12(7-9-14)17-22-18(26-23-17)16-5-2-10-24(16)19(25)13-3-1-4-15(21)11-13/h1,3-4,6-9,11,16H,2,5,10H2/t16-/m0/s1. The maximum Gasteiger partial charge on any atom is 0.254 e. The van der Waals surface area contributed by atoms with E-state index in [1.807, 2.05) is 12.1 Å². The Balaban J connectivity index is 1.59. The highest BCUT2D eigenvalue weighted by atomic mass is 35.5. The number of carbonyl (C=O) groups excluding carboxylic acids is 1. The molecule has 4 rings (SSSR count). The first-order valence-corrected chi connectivity index (χ1v) is 9.03. The lowest BCUT2D eigenvalue weighted by Gasteiger charge is -2.22. The minimum atomic E-state index is -0.227. The summed E-state index contributed by atoms with van der Waals surface area (Å²) < 4.78 is 5.46. The first kappa shape index (κ1) is 17.1. The molecular weight excluding hydrogens is 373 g/mol. The number of hydrogen-bond donors (Lipinski definition) is 0. The molecule has 1 amide bonds. The Morgan fingerprint density at radius 1 is 1.12 bits per heavy atom. The van der Waals surface area contributed by atoms with Crippen LogP contribution in [0.25, 0.3) is 11.4 Å². The Kier molecular flexibility index (Phi) is 4.66. The zero-order chi connectivity index (χ0) is 18.1. The molecule has 3 aromatic rings. The number of amides is 1. The first-order valence-electron chi connectivity index (χ1n) is 8.28. The molecule has 2 heterocycles. The topological polar surface area (TPSA) is 59.2 Å². The van der Waals surface area contributed by atoms with Crippen LogP contribution in [0, 0.1) is 0 Å². The molecule has 1 aromatic heterocycles. The molecule has 26 heavy (non-hydrogen) atoms. The second-order valence-corrected chi connectivity index (χ2v) is 7.00. The summed E-state index contributed by atoms with van der Waals surface area (Å²) in [6.45, 7) is 0.647. The van der Waals surface area contributed by atoms with Gasteiger partial charge in [0.25, 0.3) is 5.91 Å². The highest BCUT2D eigenvalue weighted by Crippen LogP contribution is 2.33. The lowest BCUT2D eigenvalue weighted by Crippen LogP contribution is -2.30. The molecule has 1 atom stereocenters. The Labute approximate surface area is 160 Å². The molecule has 0 radical (unpaired) electrons. The molecular formula is C19H15Cl2N3O2. The summed E-state index contributed by atoms with van der Waals surface area (Å²) in [5.41, 5.74) is 1.37. The zero-order valence-corrected chi connectivity index (χ0v) is 15.2. The van der Waals surface area contributed by atoms with E-state index in [0.717, 1.165) is 18.4 Å². The van der Waals surface area contributed by atoms with Crippen molar-refractivity contribution in [2.24, 2.45) is 0 Å². The average molecular weight is 388 g/mol. The van der Waals surface area contributed by atoms with Crippen LogP contribution in [0.15, 0.2) is 53.1 Å². The smallest absolute Gasteiger partial charge is 0.254 e. The number of nitrogens with zero attached hydrogens (tertiary/aromatic N) is 3. The van der Waals surface area contributed by atoms with E-state index in [9.17, 15) is 4.79 Å². The van der Waals surface area contributed by atoms with Gasteiger partial charge < -0.3 is 9.42 Å². The van der Waals surface area contributed by atoms with E-state index >= 15 is 0 Å². The van der Waals surface area contributed by atoms with Gasteiger partial charge in [0.15, 0.2) is 0 Å². The normalized spacial score (nSPS) is 16.8. The third-order valence-electron chi connectivity index (χ3n) is 4.41. The number of carbonyl (C=O) groups is 1. The van der Waals surface area contributed by atoms with Crippen molar-refractivity contribution < 1.29 is 9.32 Å². The minimum Gasteiger partial charge on any atom is -0.337 e. The van der Waals surface area contributed by atoms with E-state index in [-0.39, 0.29) is 11.9 Å². The van der Waals surface area contributed by atoms with Gasteiger partial charge in [-0.3, -0.25) is 4.79 Å². The number of halogens is 2. The number of benzene rings is 2. The van der Waals surface area contributed by atoms with Gasteiger partial charge in [0.05, 0.1) is 0 Å². The molecule has 1 fully saturated rings. The van der Waals surface area contributed by atoms with Gasteiger partial charge in [-0.15, -0.1) is 0 Å². The third-order valence-corrected chi connectivity index (χ3v) is 4.90. The fraction of sp³-hybridized carbons (Fsp3) is 0.211. The van der Waals surface area contributed by atoms with Crippen molar-refractivity contribution in [1.29, 1.82) is 0 Å². The van der Waals surface area contributed by atoms with Crippen LogP contribution in [0.2, 0.25) is 10.0 Å². The van der Waals surface area contributed by atoms with Gasteiger partial charge in [0.1, 0.15) is 6.04 Å². The molecule has 0 spiro atoms. The fourth-order valence-corrected chi connectivity index (χ4v) is 3.46. The first-order chi connectivity index (χ1) is 12.6. The van der Waals surface area contributed by atoms with Crippen LogP contribution in [0.4, 0.5) is 0 Å². The molecule has 1 aliphatic rings. The van der Waals surface area contributed by atoms with Crippen molar-refractivity contribution in [2.75, 3.05) is 6.54 Å². The van der Waals surface area contributed by atoms with Crippen LogP contribution >= 0.6 is 23.2 Å². The van der Waals surface area contributed by atoms with Crippen LogP contribution in [0.3, 0.4) is 0 Å². The second kappa shape index (κ2) is 7.09. The van der Waals surface area contributed by atoms with E-state index in [2.05, 4.69) is 10.1 Å². The van der Waals surface area contributed by atoms with Crippen LogP contribution < -0.4 is 0 Å². The van der Waals surface area contributed by atoms with Crippen molar-refractivity contribution in [3.8, 4) is 11.4 Å². The summed E-state index contributed by atoms with van der Waals surface area (Å²) in [4.78, 5) is 19.1. The molecule has 0 saturated carbocycles. The maximum absolute atomic E-state index is 12.9. The van der Waals surface area contributed by atoms with E-state index < -0.39 is 0 Å². The Morgan fingerprint density at radius 3 is 2.69 bits per heavy atom. The Hall–Kier alpha value is -2.37. The van der Waals surface area contributed by atoms with Crippen molar-refractivity contribution in [3.63, 3.8) is 0 Å². The second-order valence-electron chi connectivity index (χ2n) is 6.13. The molecule has 1 saturated heterocycles. The molecule has 1 aliphatic heterocycles. The SMILES string of the molecule is O=C(c1cccc(Cl)c1)N1CCC[C@H]1c1nc(-c2ccc(Cl)cc2)no1. The Morgan fingerprint density at radius 2 is 1.92 bits per heavy atom. The van der Waals surface area contributed by atoms with Gasteiger partial charge in [-0.2, -0.15) is 4.98 Å². The molecule has 0 N–H and O–H groups in total. The van der Waals surface area contributed by atoms with Crippen molar-refractivity contribution >= 4 is 29.1 Å². The molecule has 2 aromatic carbocycles. The van der Waals surface area contributed by atoms with Crippen molar-refractivity contribution in [2.45, 2.75) is 18.9 Å². The highest BCUT2D eigenvalue weighted by Gasteiger charge is 2.34. The van der Waals surface area contributed by atoms with Crippen LogP contribution in [-0.2, 0) is 0 Å². The average Bonchev–Trinajstić information content (AvgIpc) is 3.31. The van der Waals surface area contributed by atoms with E-state index in [4.69, 9.17) is 27.7 Å². The number of likely N-dealkylation sites (tertiary alicyclic amines) is 1. The van der Waals surface area contributed by atoms with Crippen LogP contribution in [0.1, 0.15) is 35.1 Å². The minimum absolute atomic E-state index is 0.0822. The fourth-order valence-electron chi connectivity index (χ4n) is 3.14. The predicted octanol–water partition coefficient (Wildman–Crippen LogP) is 5.02. The van der Waals surface area contributed by atoms with Gasteiger partial charge in [0, 0.05) is 27.7 Å². The Bertz CT molecular complexity index is 940. The molecule has 0 aliphatic carbocycles. The molecule has 132 valence electrons. The van der Waals surface area contributed by atoms with Crippen molar-refractivity contribution in [1.82, 2.24) is 15.0 Å². The molecule has 0 bridgehead atoms. The monoisotopic (exact) mass is 387 g/mol. The van der Waals surface area contributed by atoms with Gasteiger partial charge in [0.2, 0.25) is 11.7 Å². The summed E-state index contributed by atoms with van der Waals surface area (Å²) in [5, 5.41) is 5.23. The summed E-state index contributed by atoms with van der Waals surface area (Å²) in [6, 6.07) is 13.9. The van der Waals surface area contributed by atoms with E-state index in [1.54, 1.807) is 41.3 Å². The lowest BCUT2D eigenvalue weighted by molar-refractivity contribution is 0.0710. The van der Waals surface area contributed by atoms with Crippen LogP contribution in [-0.4, -0.2) is 27.5 Å². The number of rotatable bonds is 3. The highest BCUT2D eigenvalue weighted by molar-refractivity contribution is 6.31. The van der Waals surface area contributed by atoms with Crippen LogP contribution in [0.5, 0.6) is 0 Å². The van der Waals surface area contributed by atoms with E-state index in [0.29, 0.717) is 33.9 Å². The van der Waals surface area contributed by atoms with Gasteiger partial charge in [-0.1, -0.05) is 34.4 Å². The quantitative estimate of drug-likeness (QED) is 0.632. The van der Waals surface area contributed by atoms with Gasteiger partial charge in [-0.05, 0) is 55.3 Å². The maximum atomic E-state index is 12.9. The molecule has 5 nitrogen and oxygen atoms in total. The molecule has 7 heteroatoms. The summed E-state index contributed by atoms with van der Waals surface area (Å²) in [6.07, 6.45) is 1.67. The summed E-state index contributed by atoms with van der Waals surface area (Å²) >= 11 is 11.9. The van der Waals surface area contributed by atoms with Crippen molar-refractivity contribution in [3.05, 3.63) is 70.0 Å². The third kappa shape index (κ3) is 3.32. The zero-order valence-electron chi connectivity index (χ0n) is 13.7. The van der Waals surface area contributed by atoms with E-state index in [1.165, 1.54) is 0 Å². The number of aromatic nitrogens is 2.